The van der Waals surface area contributed by atoms with Crippen LogP contribution in [0.5, 0.6) is 0 Å². The lowest BCUT2D eigenvalue weighted by atomic mass is 10.2. The summed E-state index contributed by atoms with van der Waals surface area (Å²) < 4.78 is 6.45. The van der Waals surface area contributed by atoms with E-state index in [0.29, 0.717) is 27.8 Å². The molecule has 0 fully saturated rings. The number of ether oxygens (including phenoxy) is 1. The predicted molar refractivity (Wildman–Crippen MR) is 79.5 cm³/mol. The second kappa shape index (κ2) is 6.49. The predicted octanol–water partition coefficient (Wildman–Crippen LogP) is 1.50. The molecule has 0 unspecified atom stereocenters. The summed E-state index contributed by atoms with van der Waals surface area (Å²) in [5, 5.41) is 6.84. The van der Waals surface area contributed by atoms with Crippen LogP contribution in [0.2, 0.25) is 0 Å². The maximum absolute atomic E-state index is 11.8. The Morgan fingerprint density at radius 1 is 1.48 bits per heavy atom. The first-order valence-corrected chi connectivity index (χ1v) is 7.28. The van der Waals surface area contributed by atoms with Gasteiger partial charge in [-0.25, -0.2) is 14.7 Å². The first kappa shape index (κ1) is 15.2. The molecule has 0 spiro atoms. The monoisotopic (exact) mass is 308 g/mol. The number of nitrogens with zero attached hydrogens (tertiary/aromatic N) is 2. The molecule has 112 valence electrons. The highest BCUT2D eigenvalue weighted by atomic mass is 32.2. The van der Waals surface area contributed by atoms with Gasteiger partial charge in [-0.2, -0.15) is 0 Å². The van der Waals surface area contributed by atoms with Crippen molar-refractivity contribution in [2.24, 2.45) is 0 Å². The molecule has 0 radical (unpaired) electrons. The van der Waals surface area contributed by atoms with E-state index in [0.717, 1.165) is 0 Å². The molecule has 1 aromatic heterocycles. The maximum Gasteiger partial charge on any atom is 0.343 e. The van der Waals surface area contributed by atoms with Gasteiger partial charge >= 0.3 is 11.7 Å². The normalized spacial score (nSPS) is 10.6. The van der Waals surface area contributed by atoms with Crippen LogP contribution in [0.3, 0.4) is 0 Å². The number of hydrogen-bond acceptors (Lipinski definition) is 6. The number of aromatic amines is 1. The summed E-state index contributed by atoms with van der Waals surface area (Å²) in [4.78, 5) is 24.0. The number of H-pyrrole nitrogens is 1. The average molecular weight is 308 g/mol. The lowest BCUT2D eigenvalue weighted by Crippen LogP contribution is -2.16. The lowest BCUT2D eigenvalue weighted by molar-refractivity contribution is 0.0527. The molecular formula is C13H16N4O3S. The van der Waals surface area contributed by atoms with Gasteiger partial charge in [-0.05, 0) is 37.7 Å². The summed E-state index contributed by atoms with van der Waals surface area (Å²) in [6.07, 6.45) is 0. The van der Waals surface area contributed by atoms with Crippen LogP contribution in [-0.4, -0.2) is 27.3 Å². The van der Waals surface area contributed by atoms with Crippen LogP contribution in [0.15, 0.2) is 33.0 Å². The maximum atomic E-state index is 11.8. The molecule has 0 saturated carbocycles. The molecule has 21 heavy (non-hydrogen) atoms. The second-order valence-electron chi connectivity index (χ2n) is 4.10. The van der Waals surface area contributed by atoms with Crippen molar-refractivity contribution < 1.29 is 9.53 Å². The van der Waals surface area contributed by atoms with E-state index in [-0.39, 0.29) is 12.3 Å². The topological polar surface area (TPSA) is 103 Å². The Hall–Kier alpha value is -2.22. The fraction of sp³-hybridized carbons (Fsp3) is 0.308. The Morgan fingerprint density at radius 3 is 2.90 bits per heavy atom. The molecule has 2 rings (SSSR count). The van der Waals surface area contributed by atoms with Gasteiger partial charge in [-0.15, -0.1) is 5.10 Å². The zero-order valence-electron chi connectivity index (χ0n) is 11.8. The molecule has 2 aromatic rings. The minimum Gasteiger partial charge on any atom is -0.462 e. The Labute approximate surface area is 125 Å². The van der Waals surface area contributed by atoms with Gasteiger partial charge < -0.3 is 10.5 Å². The summed E-state index contributed by atoms with van der Waals surface area (Å²) in [6, 6.07) is 5.09. The number of benzene rings is 1. The molecule has 0 atom stereocenters. The number of carbonyl (C=O) groups excluding carboxylic acids is 1. The highest BCUT2D eigenvalue weighted by Crippen LogP contribution is 2.32. The minimum atomic E-state index is -0.465. The van der Waals surface area contributed by atoms with Gasteiger partial charge in [-0.3, -0.25) is 4.57 Å². The van der Waals surface area contributed by atoms with Crippen molar-refractivity contribution >= 4 is 23.4 Å². The molecule has 0 aliphatic carbocycles. The summed E-state index contributed by atoms with van der Waals surface area (Å²) in [6.45, 7) is 4.36. The number of hydrogen-bond donors (Lipinski definition) is 2. The van der Waals surface area contributed by atoms with E-state index in [2.05, 4.69) is 10.2 Å². The van der Waals surface area contributed by atoms with Crippen molar-refractivity contribution in [1.82, 2.24) is 14.8 Å². The van der Waals surface area contributed by atoms with Gasteiger partial charge in [0.25, 0.3) is 0 Å². The molecule has 3 N–H and O–H groups in total. The number of nitrogens with two attached hydrogens (primary N) is 1. The van der Waals surface area contributed by atoms with Crippen molar-refractivity contribution in [3.05, 3.63) is 34.2 Å². The first-order valence-electron chi connectivity index (χ1n) is 6.47. The second-order valence-corrected chi connectivity index (χ2v) is 5.10. The number of nitrogens with one attached hydrogen (secondary N) is 1. The average Bonchev–Trinajstić information content (AvgIpc) is 2.81. The third kappa shape index (κ3) is 3.10. The smallest absolute Gasteiger partial charge is 0.343 e. The summed E-state index contributed by atoms with van der Waals surface area (Å²) >= 11 is 1.22. The zero-order chi connectivity index (χ0) is 15.4. The molecule has 1 heterocycles. The van der Waals surface area contributed by atoms with Crippen molar-refractivity contribution in [3.8, 4) is 0 Å². The number of rotatable bonds is 5. The molecule has 0 amide bonds. The fourth-order valence-corrected chi connectivity index (χ4v) is 2.75. The van der Waals surface area contributed by atoms with E-state index in [1.807, 2.05) is 6.92 Å². The number of carbonyl (C=O) groups is 1. The number of esters is 1. The van der Waals surface area contributed by atoms with Crippen LogP contribution in [0.4, 0.5) is 5.69 Å². The van der Waals surface area contributed by atoms with Gasteiger partial charge in [0.1, 0.15) is 0 Å². The summed E-state index contributed by atoms with van der Waals surface area (Å²) in [5.41, 5.74) is 6.36. The van der Waals surface area contributed by atoms with Gasteiger partial charge in [0.15, 0.2) is 5.16 Å². The number of anilines is 1. The molecule has 1 aromatic carbocycles. The third-order valence-electron chi connectivity index (χ3n) is 2.80. The van der Waals surface area contributed by atoms with Crippen molar-refractivity contribution in [2.45, 2.75) is 30.4 Å². The van der Waals surface area contributed by atoms with Crippen molar-refractivity contribution in [3.63, 3.8) is 0 Å². The zero-order valence-corrected chi connectivity index (χ0v) is 12.6. The number of aromatic nitrogens is 3. The van der Waals surface area contributed by atoms with Gasteiger partial charge in [0.05, 0.1) is 17.9 Å². The Balaban J connectivity index is 2.35. The molecule has 0 aliphatic heterocycles. The standard InChI is InChI=1S/C13H16N4O3S/c1-3-17-12(19)15-16-13(17)21-9-7-5-6-8(10(9)14)11(18)20-4-2/h5-7H,3-4,14H2,1-2H3,(H,15,19). The first-order chi connectivity index (χ1) is 10.1. The van der Waals surface area contributed by atoms with Gasteiger partial charge in [0, 0.05) is 11.4 Å². The van der Waals surface area contributed by atoms with E-state index in [9.17, 15) is 9.59 Å². The quantitative estimate of drug-likeness (QED) is 0.641. The third-order valence-corrected chi connectivity index (χ3v) is 3.87. The molecule has 8 heteroatoms. The van der Waals surface area contributed by atoms with E-state index in [1.54, 1.807) is 25.1 Å². The Kier molecular flexibility index (Phi) is 4.69. The van der Waals surface area contributed by atoms with Crippen LogP contribution in [0.25, 0.3) is 0 Å². The highest BCUT2D eigenvalue weighted by molar-refractivity contribution is 7.99. The molecule has 7 nitrogen and oxygen atoms in total. The highest BCUT2D eigenvalue weighted by Gasteiger charge is 2.16. The SMILES string of the molecule is CCOC(=O)c1cccc(Sc2n[nH]c(=O)n2CC)c1N. The van der Waals surface area contributed by atoms with Crippen molar-refractivity contribution in [1.29, 1.82) is 0 Å². The molecular weight excluding hydrogens is 292 g/mol. The van der Waals surface area contributed by atoms with Crippen molar-refractivity contribution in [2.75, 3.05) is 12.3 Å². The summed E-state index contributed by atoms with van der Waals surface area (Å²) in [7, 11) is 0. The van der Waals surface area contributed by atoms with Gasteiger partial charge in [-0.1, -0.05) is 6.07 Å². The molecule has 0 saturated heterocycles. The number of nitrogen functional groups attached to an aromatic ring is 1. The largest absolute Gasteiger partial charge is 0.462 e. The van der Waals surface area contributed by atoms with Gasteiger partial charge in [0.2, 0.25) is 0 Å². The Morgan fingerprint density at radius 2 is 2.24 bits per heavy atom. The van der Waals surface area contributed by atoms with E-state index < -0.39 is 5.97 Å². The minimum absolute atomic E-state index is 0.278. The van der Waals surface area contributed by atoms with E-state index >= 15 is 0 Å². The van der Waals surface area contributed by atoms with E-state index in [1.165, 1.54) is 16.3 Å². The van der Waals surface area contributed by atoms with Crippen LogP contribution in [0.1, 0.15) is 24.2 Å². The Bertz CT molecular complexity index is 708. The molecule has 0 aliphatic rings. The van der Waals surface area contributed by atoms with Crippen LogP contribution >= 0.6 is 11.8 Å². The molecule has 0 bridgehead atoms. The van der Waals surface area contributed by atoms with E-state index in [4.69, 9.17) is 10.5 Å². The fourth-order valence-electron chi connectivity index (χ4n) is 1.78. The van der Waals surface area contributed by atoms with Crippen LogP contribution in [-0.2, 0) is 11.3 Å². The lowest BCUT2D eigenvalue weighted by Gasteiger charge is -2.09. The number of para-hydroxylation sites is 1. The van der Waals surface area contributed by atoms with Crippen LogP contribution < -0.4 is 11.4 Å². The van der Waals surface area contributed by atoms with Crippen LogP contribution in [0, 0.1) is 0 Å². The summed E-state index contributed by atoms with van der Waals surface area (Å²) in [5.74, 6) is -0.465.